The van der Waals surface area contributed by atoms with Gasteiger partial charge in [0.15, 0.2) is 0 Å². The Labute approximate surface area is 121 Å². The maximum Gasteiger partial charge on any atom is 0.129 e. The fourth-order valence-electron chi connectivity index (χ4n) is 2.18. The predicted molar refractivity (Wildman–Crippen MR) is 76.9 cm³/mol. The number of benzene rings is 1. The maximum atomic E-state index is 13.7. The Morgan fingerprint density at radius 3 is 2.44 bits per heavy atom. The van der Waals surface area contributed by atoms with Gasteiger partial charge in [-0.2, -0.15) is 0 Å². The first kappa shape index (κ1) is 14.3. The Morgan fingerprint density at radius 1 is 1.17 bits per heavy atom. The van der Waals surface area contributed by atoms with E-state index in [-0.39, 0.29) is 5.82 Å². The van der Waals surface area contributed by atoms with Crippen LogP contribution in [-0.4, -0.2) is 47.9 Å². The van der Waals surface area contributed by atoms with Crippen LogP contribution in [0.15, 0.2) is 18.2 Å². The number of halogens is 3. The quantitative estimate of drug-likeness (QED) is 0.781. The SMILES string of the molecule is Fc1cc(Cl)ccc1CN1CCN(CCBr)CC1. The molecule has 0 aromatic heterocycles. The molecule has 2 rings (SSSR count). The summed E-state index contributed by atoms with van der Waals surface area (Å²) in [5.41, 5.74) is 0.730. The van der Waals surface area contributed by atoms with Gasteiger partial charge in [0.05, 0.1) is 0 Å². The van der Waals surface area contributed by atoms with E-state index in [4.69, 9.17) is 11.6 Å². The fraction of sp³-hybridized carbons (Fsp3) is 0.538. The average Bonchev–Trinajstić information content (AvgIpc) is 2.35. The maximum absolute atomic E-state index is 13.7. The second-order valence-electron chi connectivity index (χ2n) is 4.54. The Hall–Kier alpha value is -0.160. The van der Waals surface area contributed by atoms with Crippen molar-refractivity contribution in [3.63, 3.8) is 0 Å². The van der Waals surface area contributed by atoms with Crippen molar-refractivity contribution in [3.8, 4) is 0 Å². The molecule has 0 amide bonds. The van der Waals surface area contributed by atoms with Crippen LogP contribution in [0.5, 0.6) is 0 Å². The van der Waals surface area contributed by atoms with Crippen LogP contribution in [0.4, 0.5) is 4.39 Å². The van der Waals surface area contributed by atoms with E-state index in [0.717, 1.165) is 43.6 Å². The minimum Gasteiger partial charge on any atom is -0.300 e. The van der Waals surface area contributed by atoms with Crippen molar-refractivity contribution in [2.45, 2.75) is 6.54 Å². The summed E-state index contributed by atoms with van der Waals surface area (Å²) in [7, 11) is 0. The standard InChI is InChI=1S/C13H17BrClFN2/c14-3-4-17-5-7-18(8-6-17)10-11-1-2-12(15)9-13(11)16/h1-2,9H,3-8,10H2. The van der Waals surface area contributed by atoms with Crippen LogP contribution < -0.4 is 0 Å². The van der Waals surface area contributed by atoms with Crippen molar-refractivity contribution in [2.24, 2.45) is 0 Å². The number of hydrogen-bond donors (Lipinski definition) is 0. The molecule has 18 heavy (non-hydrogen) atoms. The van der Waals surface area contributed by atoms with Crippen molar-refractivity contribution < 1.29 is 4.39 Å². The molecule has 1 heterocycles. The molecule has 0 atom stereocenters. The van der Waals surface area contributed by atoms with Gasteiger partial charge in [-0.25, -0.2) is 4.39 Å². The Morgan fingerprint density at radius 2 is 1.83 bits per heavy atom. The molecule has 0 radical (unpaired) electrons. The van der Waals surface area contributed by atoms with Gasteiger partial charge in [-0.3, -0.25) is 9.80 Å². The number of nitrogens with zero attached hydrogens (tertiary/aromatic N) is 2. The topological polar surface area (TPSA) is 6.48 Å². The van der Waals surface area contributed by atoms with E-state index >= 15 is 0 Å². The van der Waals surface area contributed by atoms with Crippen molar-refractivity contribution >= 4 is 27.5 Å². The normalized spacial score (nSPS) is 18.2. The number of rotatable bonds is 4. The summed E-state index contributed by atoms with van der Waals surface area (Å²) in [6.45, 7) is 5.86. The van der Waals surface area contributed by atoms with Crippen LogP contribution in [0.1, 0.15) is 5.56 Å². The molecule has 0 bridgehead atoms. The molecule has 1 fully saturated rings. The van der Waals surface area contributed by atoms with E-state index in [9.17, 15) is 4.39 Å². The molecule has 1 aliphatic heterocycles. The molecule has 1 aromatic carbocycles. The van der Waals surface area contributed by atoms with Gasteiger partial charge in [0.2, 0.25) is 0 Å². The molecule has 1 aliphatic rings. The van der Waals surface area contributed by atoms with E-state index in [2.05, 4.69) is 25.7 Å². The van der Waals surface area contributed by atoms with Crippen molar-refractivity contribution in [1.82, 2.24) is 9.80 Å². The smallest absolute Gasteiger partial charge is 0.129 e. The van der Waals surface area contributed by atoms with E-state index in [1.807, 2.05) is 0 Å². The van der Waals surface area contributed by atoms with Gasteiger partial charge in [-0.05, 0) is 12.1 Å². The number of piperazine rings is 1. The van der Waals surface area contributed by atoms with Crippen molar-refractivity contribution in [2.75, 3.05) is 38.1 Å². The van der Waals surface area contributed by atoms with E-state index in [0.29, 0.717) is 11.6 Å². The summed E-state index contributed by atoms with van der Waals surface area (Å²) >= 11 is 9.20. The molecule has 0 aliphatic carbocycles. The zero-order chi connectivity index (χ0) is 13.0. The van der Waals surface area contributed by atoms with E-state index in [1.165, 1.54) is 6.07 Å². The second kappa shape index (κ2) is 6.85. The summed E-state index contributed by atoms with van der Waals surface area (Å²) in [6.07, 6.45) is 0. The van der Waals surface area contributed by atoms with Gasteiger partial charge in [0.1, 0.15) is 5.82 Å². The lowest BCUT2D eigenvalue weighted by atomic mass is 10.2. The van der Waals surface area contributed by atoms with Gasteiger partial charge >= 0.3 is 0 Å². The molecule has 1 saturated heterocycles. The largest absolute Gasteiger partial charge is 0.300 e. The molecule has 0 unspecified atom stereocenters. The lowest BCUT2D eigenvalue weighted by molar-refractivity contribution is 0.132. The summed E-state index contributed by atoms with van der Waals surface area (Å²) in [5.74, 6) is -0.203. The lowest BCUT2D eigenvalue weighted by Crippen LogP contribution is -2.46. The van der Waals surface area contributed by atoms with Gasteiger partial charge in [0.25, 0.3) is 0 Å². The van der Waals surface area contributed by atoms with Crippen LogP contribution in [0.25, 0.3) is 0 Å². The predicted octanol–water partition coefficient (Wildman–Crippen LogP) is 2.99. The highest BCUT2D eigenvalue weighted by Crippen LogP contribution is 2.17. The van der Waals surface area contributed by atoms with Gasteiger partial charge in [0, 0.05) is 55.2 Å². The average molecular weight is 336 g/mol. The second-order valence-corrected chi connectivity index (χ2v) is 5.77. The third kappa shape index (κ3) is 3.92. The van der Waals surface area contributed by atoms with E-state index < -0.39 is 0 Å². The van der Waals surface area contributed by atoms with Crippen LogP contribution in [0.3, 0.4) is 0 Å². The first-order valence-electron chi connectivity index (χ1n) is 6.13. The minimum atomic E-state index is -0.203. The highest BCUT2D eigenvalue weighted by Gasteiger charge is 2.17. The van der Waals surface area contributed by atoms with Crippen molar-refractivity contribution in [3.05, 3.63) is 34.6 Å². The molecule has 2 nitrogen and oxygen atoms in total. The van der Waals surface area contributed by atoms with Crippen LogP contribution in [-0.2, 0) is 6.54 Å². The van der Waals surface area contributed by atoms with Gasteiger partial charge in [-0.1, -0.05) is 33.6 Å². The molecular weight excluding hydrogens is 319 g/mol. The van der Waals surface area contributed by atoms with Crippen LogP contribution in [0.2, 0.25) is 5.02 Å². The lowest BCUT2D eigenvalue weighted by Gasteiger charge is -2.34. The molecule has 100 valence electrons. The summed E-state index contributed by atoms with van der Waals surface area (Å²) in [6, 6.07) is 4.92. The highest BCUT2D eigenvalue weighted by molar-refractivity contribution is 9.09. The number of hydrogen-bond acceptors (Lipinski definition) is 2. The first-order valence-corrected chi connectivity index (χ1v) is 7.63. The van der Waals surface area contributed by atoms with Crippen molar-refractivity contribution in [1.29, 1.82) is 0 Å². The Balaban J connectivity index is 1.87. The molecule has 0 saturated carbocycles. The van der Waals surface area contributed by atoms with Crippen LogP contribution in [0, 0.1) is 5.82 Å². The van der Waals surface area contributed by atoms with Gasteiger partial charge in [-0.15, -0.1) is 0 Å². The zero-order valence-corrected chi connectivity index (χ0v) is 12.6. The Bertz CT molecular complexity index is 395. The third-order valence-corrected chi connectivity index (χ3v) is 3.86. The summed E-state index contributed by atoms with van der Waals surface area (Å²) in [5, 5.41) is 1.47. The molecule has 0 N–H and O–H groups in total. The molecule has 0 spiro atoms. The highest BCUT2D eigenvalue weighted by atomic mass is 79.9. The summed E-state index contributed by atoms with van der Waals surface area (Å²) < 4.78 is 13.7. The molecular formula is C13H17BrClFN2. The molecule has 5 heteroatoms. The Kier molecular flexibility index (Phi) is 5.42. The summed E-state index contributed by atoms with van der Waals surface area (Å²) in [4.78, 5) is 4.71. The first-order chi connectivity index (χ1) is 8.69. The monoisotopic (exact) mass is 334 g/mol. The van der Waals surface area contributed by atoms with Crippen LogP contribution >= 0.6 is 27.5 Å². The van der Waals surface area contributed by atoms with E-state index in [1.54, 1.807) is 12.1 Å². The minimum absolute atomic E-state index is 0.203. The zero-order valence-electron chi connectivity index (χ0n) is 10.2. The number of alkyl halides is 1. The fourth-order valence-corrected chi connectivity index (χ4v) is 2.84. The molecule has 1 aromatic rings. The van der Waals surface area contributed by atoms with Gasteiger partial charge < -0.3 is 0 Å². The third-order valence-electron chi connectivity index (χ3n) is 3.27.